The van der Waals surface area contributed by atoms with E-state index in [1.165, 1.54) is 6.92 Å². The number of esters is 1. The summed E-state index contributed by atoms with van der Waals surface area (Å²) < 4.78 is 34.2. The van der Waals surface area contributed by atoms with Crippen molar-refractivity contribution >= 4 is 11.8 Å². The smallest absolute Gasteiger partial charge is 0.306 e. The zero-order valence-corrected chi connectivity index (χ0v) is 20.4. The Labute approximate surface area is 199 Å². The van der Waals surface area contributed by atoms with E-state index in [2.05, 4.69) is 0 Å². The molecule has 10 atom stereocenters. The van der Waals surface area contributed by atoms with Crippen molar-refractivity contribution in [2.75, 3.05) is 13.2 Å². The summed E-state index contributed by atoms with van der Waals surface area (Å²) in [6, 6.07) is 0. The molecule has 0 spiro atoms. The Morgan fingerprint density at radius 1 is 0.971 bits per heavy atom. The monoisotopic (exact) mass is 490 g/mol. The number of hydrogen-bond donors (Lipinski definition) is 3. The lowest BCUT2D eigenvalue weighted by molar-refractivity contribution is -0.339. The Hall–Kier alpha value is -1.18. The second kappa shape index (κ2) is 11.7. The molecule has 0 aromatic rings. The molecule has 0 aromatic heterocycles. The average Bonchev–Trinajstić information content (AvgIpc) is 3.05. The number of carbonyl (C=O) groups excluding carboxylic acids is 2. The molecule has 0 aliphatic carbocycles. The first kappa shape index (κ1) is 27.4. The van der Waals surface area contributed by atoms with E-state index in [-0.39, 0.29) is 43.9 Å². The lowest BCUT2D eigenvalue weighted by Gasteiger charge is -2.46. The van der Waals surface area contributed by atoms with Crippen LogP contribution in [0.2, 0.25) is 0 Å². The summed E-state index contributed by atoms with van der Waals surface area (Å²) in [5.74, 6) is -1.47. The van der Waals surface area contributed by atoms with E-state index in [1.54, 1.807) is 0 Å². The third-order valence-electron chi connectivity index (χ3n) is 6.38. The van der Waals surface area contributed by atoms with Gasteiger partial charge in [0, 0.05) is 12.3 Å². The predicted octanol–water partition coefficient (Wildman–Crippen LogP) is -0.0875. The van der Waals surface area contributed by atoms with Crippen LogP contribution >= 0.6 is 0 Å². The number of aliphatic hydroxyl groups excluding tert-OH is 3. The first-order chi connectivity index (χ1) is 16.0. The summed E-state index contributed by atoms with van der Waals surface area (Å²) in [7, 11) is 0. The van der Waals surface area contributed by atoms with Gasteiger partial charge < -0.3 is 48.5 Å². The third-order valence-corrected chi connectivity index (χ3v) is 6.38. The van der Waals surface area contributed by atoms with Gasteiger partial charge in [0.25, 0.3) is 0 Å². The average molecular weight is 491 g/mol. The van der Waals surface area contributed by atoms with Crippen LogP contribution in [0.25, 0.3) is 0 Å². The molecule has 3 fully saturated rings. The molecule has 0 aromatic carbocycles. The number of aliphatic hydroxyl groups is 3. The highest BCUT2D eigenvalue weighted by Gasteiger charge is 2.55. The van der Waals surface area contributed by atoms with E-state index in [1.807, 2.05) is 27.7 Å². The van der Waals surface area contributed by atoms with Crippen LogP contribution in [-0.4, -0.2) is 102 Å². The Morgan fingerprint density at radius 3 is 2.29 bits per heavy atom. The number of ketones is 1. The molecule has 11 heteroatoms. The van der Waals surface area contributed by atoms with Gasteiger partial charge >= 0.3 is 5.97 Å². The van der Waals surface area contributed by atoms with Gasteiger partial charge in [0.2, 0.25) is 0 Å². The van der Waals surface area contributed by atoms with Gasteiger partial charge in [0.05, 0.1) is 25.2 Å². The lowest BCUT2D eigenvalue weighted by Crippen LogP contribution is -2.61. The van der Waals surface area contributed by atoms with E-state index < -0.39 is 67.2 Å². The van der Waals surface area contributed by atoms with Gasteiger partial charge in [-0.1, -0.05) is 13.8 Å². The Kier molecular flexibility index (Phi) is 9.43. The fraction of sp³-hybridized carbons (Fsp3) is 0.913. The van der Waals surface area contributed by atoms with Crippen LogP contribution in [0.5, 0.6) is 0 Å². The van der Waals surface area contributed by atoms with Gasteiger partial charge in [-0.25, -0.2) is 0 Å². The maximum Gasteiger partial charge on any atom is 0.306 e. The molecule has 3 N–H and O–H groups in total. The predicted molar refractivity (Wildman–Crippen MR) is 115 cm³/mol. The van der Waals surface area contributed by atoms with Crippen LogP contribution in [0.4, 0.5) is 0 Å². The zero-order valence-electron chi connectivity index (χ0n) is 20.4. The first-order valence-electron chi connectivity index (χ1n) is 11.9. The summed E-state index contributed by atoms with van der Waals surface area (Å²) in [6.45, 7) is 8.67. The fourth-order valence-electron chi connectivity index (χ4n) is 4.65. The maximum atomic E-state index is 11.9. The topological polar surface area (TPSA) is 150 Å². The number of hydrogen-bond acceptors (Lipinski definition) is 11. The number of fused-ring (bicyclic) bond motifs is 2. The van der Waals surface area contributed by atoms with Crippen molar-refractivity contribution in [2.45, 2.75) is 109 Å². The van der Waals surface area contributed by atoms with Gasteiger partial charge in [-0.05, 0) is 26.7 Å². The van der Waals surface area contributed by atoms with Crippen molar-refractivity contribution in [3.8, 4) is 0 Å². The van der Waals surface area contributed by atoms with Crippen LogP contribution in [0.3, 0.4) is 0 Å². The van der Waals surface area contributed by atoms with Gasteiger partial charge in [-0.2, -0.15) is 0 Å². The van der Waals surface area contributed by atoms with Gasteiger partial charge in [0.15, 0.2) is 12.6 Å². The Morgan fingerprint density at radius 2 is 1.68 bits per heavy atom. The minimum absolute atomic E-state index is 0.0636. The minimum Gasteiger partial charge on any atom is -0.463 e. The molecule has 11 nitrogen and oxygen atoms in total. The van der Waals surface area contributed by atoms with Crippen LogP contribution in [0, 0.1) is 11.8 Å². The summed E-state index contributed by atoms with van der Waals surface area (Å²) >= 11 is 0. The van der Waals surface area contributed by atoms with Gasteiger partial charge in [0.1, 0.15) is 49.0 Å². The van der Waals surface area contributed by atoms with Crippen LogP contribution in [0.15, 0.2) is 0 Å². The summed E-state index contributed by atoms with van der Waals surface area (Å²) in [6.07, 6.45) is -8.55. The van der Waals surface area contributed by atoms with E-state index in [0.717, 1.165) is 0 Å². The molecule has 34 heavy (non-hydrogen) atoms. The molecule has 0 amide bonds. The van der Waals surface area contributed by atoms with E-state index in [0.29, 0.717) is 0 Å². The normalized spacial score (nSPS) is 40.1. The number of rotatable bonds is 10. The van der Waals surface area contributed by atoms with Crippen LogP contribution in [-0.2, 0) is 38.0 Å². The SMILES string of the molecule is CC(=O)CCC(=O)OCC1O[C@@H](O[C@H]2C3OC[C@H]2O[C@H](OC(C)C)C3O)C(O)[C@@H](C(C)C)[C@H]1O. The lowest BCUT2D eigenvalue weighted by atomic mass is 9.80. The summed E-state index contributed by atoms with van der Waals surface area (Å²) in [4.78, 5) is 23.0. The zero-order chi connectivity index (χ0) is 25.2. The third kappa shape index (κ3) is 6.33. The molecule has 0 radical (unpaired) electrons. The van der Waals surface area contributed by atoms with Crippen molar-refractivity contribution in [3.63, 3.8) is 0 Å². The molecular weight excluding hydrogens is 452 g/mol. The van der Waals surface area contributed by atoms with Crippen molar-refractivity contribution in [1.82, 2.24) is 0 Å². The largest absolute Gasteiger partial charge is 0.463 e. The molecule has 0 saturated carbocycles. The van der Waals surface area contributed by atoms with Crippen molar-refractivity contribution in [1.29, 1.82) is 0 Å². The van der Waals surface area contributed by atoms with Crippen molar-refractivity contribution in [3.05, 3.63) is 0 Å². The standard InChI is InChI=1S/C23H38O11/c1-10(2)16-17(26)13(8-29-15(25)7-6-12(5)24)32-22(18(16)27)34-20-14-9-30-21(20)19(28)23(33-14)31-11(3)4/h10-11,13-14,16-23,26-28H,6-9H2,1-5H3/t13?,14-,16+,17+,18?,19?,20-,21?,22+,23+/m1/s1. The number of carbonyl (C=O) groups is 2. The quantitative estimate of drug-likeness (QED) is 0.353. The molecule has 3 rings (SSSR count). The van der Waals surface area contributed by atoms with E-state index >= 15 is 0 Å². The molecule has 3 saturated heterocycles. The number of Topliss-reactive ketones (excluding diaryl/α,β-unsaturated/α-hetero) is 1. The summed E-state index contributed by atoms with van der Waals surface area (Å²) in [5.41, 5.74) is 0. The fourth-order valence-corrected chi connectivity index (χ4v) is 4.65. The number of ether oxygens (including phenoxy) is 6. The Bertz CT molecular complexity index is 698. The van der Waals surface area contributed by atoms with Crippen LogP contribution in [0.1, 0.15) is 47.5 Å². The highest BCUT2D eigenvalue weighted by Crippen LogP contribution is 2.37. The van der Waals surface area contributed by atoms with E-state index in [4.69, 9.17) is 28.4 Å². The second-order valence-corrected chi connectivity index (χ2v) is 9.85. The van der Waals surface area contributed by atoms with E-state index in [9.17, 15) is 24.9 Å². The van der Waals surface area contributed by atoms with Gasteiger partial charge in [-0.15, -0.1) is 0 Å². The Balaban J connectivity index is 1.67. The van der Waals surface area contributed by atoms with Crippen molar-refractivity contribution in [2.24, 2.45) is 11.8 Å². The minimum atomic E-state index is -1.18. The highest BCUT2D eigenvalue weighted by molar-refractivity contribution is 5.80. The first-order valence-corrected chi connectivity index (χ1v) is 11.9. The molecule has 3 heterocycles. The van der Waals surface area contributed by atoms with Crippen molar-refractivity contribution < 1.29 is 53.3 Å². The maximum absolute atomic E-state index is 11.9. The van der Waals surface area contributed by atoms with Crippen LogP contribution < -0.4 is 0 Å². The molecule has 3 aliphatic heterocycles. The summed E-state index contributed by atoms with van der Waals surface area (Å²) in [5, 5.41) is 32.4. The molecule has 4 unspecified atom stereocenters. The second-order valence-electron chi connectivity index (χ2n) is 9.85. The molecule has 196 valence electrons. The van der Waals surface area contributed by atoms with Gasteiger partial charge in [-0.3, -0.25) is 4.79 Å². The molecule has 3 aliphatic rings. The highest BCUT2D eigenvalue weighted by atomic mass is 16.8. The molecular formula is C23H38O11. The molecule has 2 bridgehead atoms.